The lowest BCUT2D eigenvalue weighted by Gasteiger charge is -2.18. The molecule has 2 rings (SSSR count). The van der Waals surface area contributed by atoms with Gasteiger partial charge in [-0.15, -0.1) is 11.6 Å². The van der Waals surface area contributed by atoms with Crippen molar-refractivity contribution in [2.75, 3.05) is 18.6 Å². The summed E-state index contributed by atoms with van der Waals surface area (Å²) >= 11 is 9.27. The highest BCUT2D eigenvalue weighted by Crippen LogP contribution is 2.32. The van der Waals surface area contributed by atoms with Gasteiger partial charge in [-0.2, -0.15) is 0 Å². The van der Waals surface area contributed by atoms with Gasteiger partial charge in [-0.3, -0.25) is 4.79 Å². The Morgan fingerprint density at radius 2 is 2.44 bits per heavy atom. The number of alkyl halides is 1. The van der Waals surface area contributed by atoms with Crippen molar-refractivity contribution in [2.24, 2.45) is 0 Å². The van der Waals surface area contributed by atoms with Crippen LogP contribution in [0.15, 0.2) is 16.7 Å². The van der Waals surface area contributed by atoms with Gasteiger partial charge in [-0.25, -0.2) is 4.98 Å². The Kier molecular flexibility index (Phi) is 3.35. The molecule has 0 N–H and O–H groups in total. The summed E-state index contributed by atoms with van der Waals surface area (Å²) in [7, 11) is 1.53. The van der Waals surface area contributed by atoms with E-state index < -0.39 is 0 Å². The molecule has 0 spiro atoms. The molecule has 2 heterocycles. The Bertz CT molecular complexity index is 427. The van der Waals surface area contributed by atoms with Gasteiger partial charge in [0.05, 0.1) is 12.5 Å². The third kappa shape index (κ3) is 2.15. The lowest BCUT2D eigenvalue weighted by Crippen LogP contribution is -2.25. The maximum atomic E-state index is 11.7. The zero-order valence-corrected chi connectivity index (χ0v) is 11.0. The Labute approximate surface area is 107 Å². The van der Waals surface area contributed by atoms with Crippen molar-refractivity contribution in [1.29, 1.82) is 0 Å². The summed E-state index contributed by atoms with van der Waals surface area (Å²) in [6, 6.07) is 1.80. The van der Waals surface area contributed by atoms with Crippen molar-refractivity contribution >= 4 is 39.1 Å². The molecule has 1 unspecified atom stereocenters. The van der Waals surface area contributed by atoms with Crippen LogP contribution in [0, 0.1) is 0 Å². The summed E-state index contributed by atoms with van der Waals surface area (Å²) in [5, 5.41) is -0.142. The molecule has 0 aliphatic carbocycles. The van der Waals surface area contributed by atoms with E-state index >= 15 is 0 Å². The van der Waals surface area contributed by atoms with Crippen LogP contribution < -0.4 is 9.64 Å². The normalized spacial score (nSPS) is 20.3. The number of hydrogen-bond donors (Lipinski definition) is 0. The highest BCUT2D eigenvalue weighted by atomic mass is 79.9. The Hall–Kier alpha value is -0.810. The maximum Gasteiger partial charge on any atom is 0.237 e. The molecule has 0 bridgehead atoms. The first-order valence-electron chi connectivity index (χ1n) is 4.76. The second-order valence-electron chi connectivity index (χ2n) is 3.49. The number of amides is 1. The molecule has 6 heteroatoms. The fourth-order valence-electron chi connectivity index (χ4n) is 1.66. The van der Waals surface area contributed by atoms with Gasteiger partial charge in [0.1, 0.15) is 5.69 Å². The van der Waals surface area contributed by atoms with Gasteiger partial charge in [-0.1, -0.05) is 0 Å². The number of nitrogens with zero attached hydrogens (tertiary/aromatic N) is 2. The lowest BCUT2D eigenvalue weighted by atomic mass is 10.3. The van der Waals surface area contributed by atoms with Crippen molar-refractivity contribution in [3.05, 3.63) is 16.7 Å². The third-order valence-corrected chi connectivity index (χ3v) is 3.09. The minimum absolute atomic E-state index is 0.00167. The molecule has 4 nitrogen and oxygen atoms in total. The van der Waals surface area contributed by atoms with E-state index in [1.165, 1.54) is 7.11 Å². The van der Waals surface area contributed by atoms with Crippen LogP contribution in [0.3, 0.4) is 0 Å². The maximum absolute atomic E-state index is 11.7. The highest BCUT2D eigenvalue weighted by molar-refractivity contribution is 9.10. The van der Waals surface area contributed by atoms with Crippen molar-refractivity contribution in [2.45, 2.75) is 11.8 Å². The van der Waals surface area contributed by atoms with E-state index in [9.17, 15) is 4.79 Å². The number of carbonyl (C=O) groups is 1. The van der Waals surface area contributed by atoms with E-state index in [0.29, 0.717) is 24.5 Å². The second-order valence-corrected chi connectivity index (χ2v) is 5.02. The highest BCUT2D eigenvalue weighted by Gasteiger charge is 2.31. The van der Waals surface area contributed by atoms with Gasteiger partial charge in [0.2, 0.25) is 11.8 Å². The summed E-state index contributed by atoms with van der Waals surface area (Å²) in [6.45, 7) is 0.495. The van der Waals surface area contributed by atoms with Gasteiger partial charge < -0.3 is 9.64 Å². The largest absolute Gasteiger partial charge is 0.480 e. The van der Waals surface area contributed by atoms with Gasteiger partial charge in [0, 0.05) is 23.6 Å². The molecule has 0 radical (unpaired) electrons. The molecule has 1 aromatic rings. The van der Waals surface area contributed by atoms with Crippen molar-refractivity contribution in [3.8, 4) is 5.88 Å². The SMILES string of the molecule is COc1ncc(Br)cc1N1CC(Cl)CC1=O. The molecule has 1 fully saturated rings. The number of aromatic nitrogens is 1. The monoisotopic (exact) mass is 304 g/mol. The average molecular weight is 306 g/mol. The summed E-state index contributed by atoms with van der Waals surface area (Å²) < 4.78 is 5.93. The number of ether oxygens (including phenoxy) is 1. The van der Waals surface area contributed by atoms with E-state index in [4.69, 9.17) is 16.3 Å². The number of halogens is 2. The van der Waals surface area contributed by atoms with E-state index in [1.807, 2.05) is 0 Å². The van der Waals surface area contributed by atoms with Gasteiger partial charge in [0.25, 0.3) is 0 Å². The Morgan fingerprint density at radius 3 is 3.00 bits per heavy atom. The van der Waals surface area contributed by atoms with Crippen LogP contribution in [0.25, 0.3) is 0 Å². The number of methoxy groups -OCH3 is 1. The zero-order chi connectivity index (χ0) is 11.7. The fourth-order valence-corrected chi connectivity index (χ4v) is 2.25. The smallest absolute Gasteiger partial charge is 0.237 e. The van der Waals surface area contributed by atoms with Crippen LogP contribution in [-0.4, -0.2) is 29.9 Å². The van der Waals surface area contributed by atoms with Gasteiger partial charge >= 0.3 is 0 Å². The van der Waals surface area contributed by atoms with Crippen LogP contribution in [0.1, 0.15) is 6.42 Å². The molecule has 16 heavy (non-hydrogen) atoms. The molecule has 86 valence electrons. The van der Waals surface area contributed by atoms with Crippen LogP contribution >= 0.6 is 27.5 Å². The number of pyridine rings is 1. The first-order valence-corrected chi connectivity index (χ1v) is 5.98. The number of hydrogen-bond acceptors (Lipinski definition) is 3. The molecule has 1 aliphatic rings. The zero-order valence-electron chi connectivity index (χ0n) is 8.61. The molecule has 1 aromatic heterocycles. The molecular formula is C10H10BrClN2O2. The van der Waals surface area contributed by atoms with Crippen molar-refractivity contribution < 1.29 is 9.53 Å². The number of anilines is 1. The minimum Gasteiger partial charge on any atom is -0.480 e. The number of carbonyl (C=O) groups excluding carboxylic acids is 1. The molecule has 1 aliphatic heterocycles. The van der Waals surface area contributed by atoms with E-state index in [2.05, 4.69) is 20.9 Å². The van der Waals surface area contributed by atoms with E-state index in [1.54, 1.807) is 17.2 Å². The van der Waals surface area contributed by atoms with E-state index in [0.717, 1.165) is 4.47 Å². The van der Waals surface area contributed by atoms with E-state index in [-0.39, 0.29) is 11.3 Å². The first-order chi connectivity index (χ1) is 7.61. The van der Waals surface area contributed by atoms with Crippen LogP contribution in [0.2, 0.25) is 0 Å². The summed E-state index contributed by atoms with van der Waals surface area (Å²) in [6.07, 6.45) is 1.98. The first kappa shape index (κ1) is 11.7. The van der Waals surface area contributed by atoms with Crippen LogP contribution in [-0.2, 0) is 4.79 Å². The number of rotatable bonds is 2. The molecule has 1 saturated heterocycles. The van der Waals surface area contributed by atoms with Crippen molar-refractivity contribution in [3.63, 3.8) is 0 Å². The third-order valence-electron chi connectivity index (χ3n) is 2.36. The molecule has 1 amide bonds. The quantitative estimate of drug-likeness (QED) is 0.787. The summed E-state index contributed by atoms with van der Waals surface area (Å²) in [4.78, 5) is 17.4. The standard InChI is InChI=1S/C10H10BrClN2O2/c1-16-10-8(2-6(11)4-13-10)14-5-7(12)3-9(14)15/h2,4,7H,3,5H2,1H3. The predicted octanol–water partition coefficient (Wildman–Crippen LogP) is 2.20. The molecule has 0 saturated carbocycles. The molecular weight excluding hydrogens is 295 g/mol. The van der Waals surface area contributed by atoms with Gasteiger partial charge in [0.15, 0.2) is 0 Å². The summed E-state index contributed by atoms with van der Waals surface area (Å²) in [5.74, 6) is 0.431. The topological polar surface area (TPSA) is 42.4 Å². The summed E-state index contributed by atoms with van der Waals surface area (Å²) in [5.41, 5.74) is 0.657. The average Bonchev–Trinajstić information content (AvgIpc) is 2.57. The van der Waals surface area contributed by atoms with Crippen LogP contribution in [0.4, 0.5) is 5.69 Å². The predicted molar refractivity (Wildman–Crippen MR) is 65.1 cm³/mol. The lowest BCUT2D eigenvalue weighted by molar-refractivity contribution is -0.117. The van der Waals surface area contributed by atoms with Gasteiger partial charge in [-0.05, 0) is 22.0 Å². The molecule has 1 atom stereocenters. The van der Waals surface area contributed by atoms with Crippen molar-refractivity contribution in [1.82, 2.24) is 4.98 Å². The fraction of sp³-hybridized carbons (Fsp3) is 0.400. The minimum atomic E-state index is -0.142. The Morgan fingerprint density at radius 1 is 1.69 bits per heavy atom. The second kappa shape index (κ2) is 4.59. The molecule has 0 aromatic carbocycles. The Balaban J connectivity index is 2.39. The van der Waals surface area contributed by atoms with Crippen LogP contribution in [0.5, 0.6) is 5.88 Å².